The predicted octanol–water partition coefficient (Wildman–Crippen LogP) is 1.69. The van der Waals surface area contributed by atoms with Gasteiger partial charge in [0.1, 0.15) is 0 Å². The molecule has 1 aliphatic carbocycles. The molecule has 4 nitrogen and oxygen atoms in total. The molecule has 2 N–H and O–H groups in total. The first kappa shape index (κ1) is 14.9. The molecule has 1 fully saturated rings. The number of likely N-dealkylation sites (N-methyl/N-ethyl adjacent to an activating group) is 1. The summed E-state index contributed by atoms with van der Waals surface area (Å²) in [6.07, 6.45) is 2.72. The van der Waals surface area contributed by atoms with Crippen molar-refractivity contribution in [2.75, 3.05) is 27.7 Å². The summed E-state index contributed by atoms with van der Waals surface area (Å²) in [7, 11) is 6.14. The highest BCUT2D eigenvalue weighted by Crippen LogP contribution is 2.34. The zero-order valence-electron chi connectivity index (χ0n) is 12.8. The molecule has 1 aromatic rings. The lowest BCUT2D eigenvalue weighted by molar-refractivity contribution is 0.264. The number of hydrogen-bond acceptors (Lipinski definition) is 2. The molecule has 0 aromatic heterocycles. The fraction of sp³-hybridized carbons (Fsp3) is 0.562. The fourth-order valence-electron chi connectivity index (χ4n) is 2.46. The first-order chi connectivity index (χ1) is 9.70. The van der Waals surface area contributed by atoms with Gasteiger partial charge in [-0.3, -0.25) is 4.99 Å². The molecule has 0 amide bonds. The molecule has 1 aliphatic rings. The second-order valence-corrected chi connectivity index (χ2v) is 5.66. The summed E-state index contributed by atoms with van der Waals surface area (Å²) in [6.45, 7) is 1.75. The molecule has 0 bridgehead atoms. The monoisotopic (exact) mass is 274 g/mol. The molecule has 0 radical (unpaired) electrons. The standard InChI is InChI=1S/C16H26N4/c1-17-16(18-11-13-7-5-4-6-8-13)19-12-15(20(2)3)14-9-10-14/h4-8,14-15H,9-12H2,1-3H3,(H2,17,18,19). The van der Waals surface area contributed by atoms with E-state index in [9.17, 15) is 0 Å². The van der Waals surface area contributed by atoms with Gasteiger partial charge >= 0.3 is 0 Å². The van der Waals surface area contributed by atoms with Crippen molar-refractivity contribution in [1.82, 2.24) is 15.5 Å². The summed E-state index contributed by atoms with van der Waals surface area (Å²) in [6, 6.07) is 11.0. The van der Waals surface area contributed by atoms with Gasteiger partial charge in [0.2, 0.25) is 0 Å². The van der Waals surface area contributed by atoms with E-state index in [0.29, 0.717) is 6.04 Å². The van der Waals surface area contributed by atoms with Crippen molar-refractivity contribution in [1.29, 1.82) is 0 Å². The third-order valence-electron chi connectivity index (χ3n) is 3.83. The van der Waals surface area contributed by atoms with Crippen LogP contribution in [0.25, 0.3) is 0 Å². The predicted molar refractivity (Wildman–Crippen MR) is 84.8 cm³/mol. The van der Waals surface area contributed by atoms with E-state index in [1.807, 2.05) is 13.1 Å². The van der Waals surface area contributed by atoms with Crippen molar-refractivity contribution in [3.8, 4) is 0 Å². The van der Waals surface area contributed by atoms with Crippen LogP contribution in [0.15, 0.2) is 35.3 Å². The third-order valence-corrected chi connectivity index (χ3v) is 3.83. The zero-order chi connectivity index (χ0) is 14.4. The van der Waals surface area contributed by atoms with Crippen molar-refractivity contribution in [2.24, 2.45) is 10.9 Å². The topological polar surface area (TPSA) is 39.7 Å². The Labute approximate surface area is 122 Å². The highest BCUT2D eigenvalue weighted by Gasteiger charge is 2.32. The molecule has 2 rings (SSSR count). The van der Waals surface area contributed by atoms with Gasteiger partial charge in [-0.1, -0.05) is 30.3 Å². The molecule has 0 saturated heterocycles. The van der Waals surface area contributed by atoms with E-state index < -0.39 is 0 Å². The maximum atomic E-state index is 4.29. The fourth-order valence-corrected chi connectivity index (χ4v) is 2.46. The smallest absolute Gasteiger partial charge is 0.191 e. The number of aliphatic imine (C=N–C) groups is 1. The Bertz CT molecular complexity index is 421. The second-order valence-electron chi connectivity index (χ2n) is 5.66. The normalized spacial score (nSPS) is 17.1. The van der Waals surface area contributed by atoms with Crippen LogP contribution in [0, 0.1) is 5.92 Å². The molecule has 1 aromatic carbocycles. The average Bonchev–Trinajstić information content (AvgIpc) is 3.28. The molecule has 1 atom stereocenters. The Morgan fingerprint density at radius 1 is 1.25 bits per heavy atom. The van der Waals surface area contributed by atoms with Crippen molar-refractivity contribution in [3.63, 3.8) is 0 Å². The molecule has 0 spiro atoms. The number of nitrogens with zero attached hydrogens (tertiary/aromatic N) is 2. The Hall–Kier alpha value is -1.55. The van der Waals surface area contributed by atoms with Crippen LogP contribution in [0.1, 0.15) is 18.4 Å². The van der Waals surface area contributed by atoms with Crippen LogP contribution in [0.5, 0.6) is 0 Å². The Morgan fingerprint density at radius 2 is 1.95 bits per heavy atom. The van der Waals surface area contributed by atoms with Gasteiger partial charge in [0, 0.05) is 26.2 Å². The molecule has 110 valence electrons. The molecule has 0 aliphatic heterocycles. The summed E-state index contributed by atoms with van der Waals surface area (Å²) in [5, 5.41) is 6.80. The molecule has 0 heterocycles. The SMILES string of the molecule is CN=C(NCc1ccccc1)NCC(C1CC1)N(C)C. The van der Waals surface area contributed by atoms with Crippen molar-refractivity contribution < 1.29 is 0 Å². The zero-order valence-corrected chi connectivity index (χ0v) is 12.8. The molecule has 20 heavy (non-hydrogen) atoms. The van der Waals surface area contributed by atoms with Crippen LogP contribution < -0.4 is 10.6 Å². The van der Waals surface area contributed by atoms with Crippen molar-refractivity contribution >= 4 is 5.96 Å². The highest BCUT2D eigenvalue weighted by molar-refractivity contribution is 5.79. The minimum atomic E-state index is 0.602. The minimum absolute atomic E-state index is 0.602. The van der Waals surface area contributed by atoms with Gasteiger partial charge in [0.25, 0.3) is 0 Å². The van der Waals surface area contributed by atoms with E-state index in [1.54, 1.807) is 0 Å². The lowest BCUT2D eigenvalue weighted by Crippen LogP contribution is -2.45. The summed E-state index contributed by atoms with van der Waals surface area (Å²) in [5.74, 6) is 1.73. The van der Waals surface area contributed by atoms with Crippen LogP contribution in [-0.2, 0) is 6.54 Å². The Morgan fingerprint density at radius 3 is 2.50 bits per heavy atom. The molecular formula is C16H26N4. The Balaban J connectivity index is 1.77. The first-order valence-corrected chi connectivity index (χ1v) is 7.35. The number of hydrogen-bond donors (Lipinski definition) is 2. The quantitative estimate of drug-likeness (QED) is 0.612. The average molecular weight is 274 g/mol. The first-order valence-electron chi connectivity index (χ1n) is 7.35. The summed E-state index contributed by atoms with van der Waals surface area (Å²) in [4.78, 5) is 6.60. The number of benzene rings is 1. The molecule has 1 unspecified atom stereocenters. The molecule has 1 saturated carbocycles. The second kappa shape index (κ2) is 7.29. The van der Waals surface area contributed by atoms with Gasteiger partial charge in [-0.05, 0) is 38.4 Å². The van der Waals surface area contributed by atoms with Gasteiger partial charge in [-0.25, -0.2) is 0 Å². The summed E-state index contributed by atoms with van der Waals surface area (Å²) in [5.41, 5.74) is 1.27. The van der Waals surface area contributed by atoms with Crippen LogP contribution in [0.3, 0.4) is 0 Å². The van der Waals surface area contributed by atoms with Gasteiger partial charge in [0.05, 0.1) is 0 Å². The van der Waals surface area contributed by atoms with Crippen molar-refractivity contribution in [2.45, 2.75) is 25.4 Å². The maximum absolute atomic E-state index is 4.29. The van der Waals surface area contributed by atoms with E-state index in [4.69, 9.17) is 0 Å². The van der Waals surface area contributed by atoms with E-state index in [1.165, 1.54) is 18.4 Å². The summed E-state index contributed by atoms with van der Waals surface area (Å²) < 4.78 is 0. The van der Waals surface area contributed by atoms with Crippen LogP contribution in [-0.4, -0.2) is 44.6 Å². The van der Waals surface area contributed by atoms with Crippen LogP contribution >= 0.6 is 0 Å². The number of rotatable bonds is 6. The van der Waals surface area contributed by atoms with E-state index in [0.717, 1.165) is 25.0 Å². The van der Waals surface area contributed by atoms with Crippen molar-refractivity contribution in [3.05, 3.63) is 35.9 Å². The van der Waals surface area contributed by atoms with Crippen LogP contribution in [0.4, 0.5) is 0 Å². The van der Waals surface area contributed by atoms with Crippen LogP contribution in [0.2, 0.25) is 0 Å². The van der Waals surface area contributed by atoms with Gasteiger partial charge < -0.3 is 15.5 Å². The largest absolute Gasteiger partial charge is 0.355 e. The highest BCUT2D eigenvalue weighted by atomic mass is 15.2. The molecule has 4 heteroatoms. The van der Waals surface area contributed by atoms with Gasteiger partial charge in [-0.15, -0.1) is 0 Å². The van der Waals surface area contributed by atoms with Gasteiger partial charge in [-0.2, -0.15) is 0 Å². The van der Waals surface area contributed by atoms with Gasteiger partial charge in [0.15, 0.2) is 5.96 Å². The van der Waals surface area contributed by atoms with E-state index >= 15 is 0 Å². The summed E-state index contributed by atoms with van der Waals surface area (Å²) >= 11 is 0. The Kier molecular flexibility index (Phi) is 5.41. The van der Waals surface area contributed by atoms with E-state index in [-0.39, 0.29) is 0 Å². The maximum Gasteiger partial charge on any atom is 0.191 e. The minimum Gasteiger partial charge on any atom is -0.355 e. The number of nitrogens with one attached hydrogen (secondary N) is 2. The number of guanidine groups is 1. The lowest BCUT2D eigenvalue weighted by Gasteiger charge is -2.25. The third kappa shape index (κ3) is 4.53. The van der Waals surface area contributed by atoms with E-state index in [2.05, 4.69) is 58.9 Å². The lowest BCUT2D eigenvalue weighted by atomic mass is 10.1. The molecular weight excluding hydrogens is 248 g/mol.